The molecule has 15 heavy (non-hydrogen) atoms. The second-order valence-corrected chi connectivity index (χ2v) is 4.41. The molecule has 1 unspecified atom stereocenters. The van der Waals surface area contributed by atoms with Crippen LogP contribution in [0.2, 0.25) is 10.0 Å². The molecule has 0 aromatic heterocycles. The Morgan fingerprint density at radius 3 is 2.73 bits per heavy atom. The first kappa shape index (κ1) is 12.6. The molecule has 0 saturated carbocycles. The summed E-state index contributed by atoms with van der Waals surface area (Å²) in [5.74, 6) is 0.442. The zero-order valence-corrected chi connectivity index (χ0v) is 9.85. The first-order chi connectivity index (χ1) is 6.94. The van der Waals surface area contributed by atoms with Gasteiger partial charge in [0, 0.05) is 17.6 Å². The maximum atomic E-state index is 9.62. The van der Waals surface area contributed by atoms with E-state index in [1.165, 1.54) is 0 Å². The lowest BCUT2D eigenvalue weighted by Crippen LogP contribution is -2.40. The monoisotopic (exact) mass is 249 g/mol. The number of halogens is 2. The fraction of sp³-hybridized carbons (Fsp3) is 0.400. The molecule has 0 aliphatic rings. The Balaban J connectivity index is 2.69. The molecular weight excluding hydrogens is 237 g/mol. The second-order valence-electron chi connectivity index (χ2n) is 3.56. The summed E-state index contributed by atoms with van der Waals surface area (Å²) in [6, 6.07) is 4.89. The molecule has 0 saturated heterocycles. The van der Waals surface area contributed by atoms with Crippen molar-refractivity contribution in [3.8, 4) is 5.75 Å². The number of hydrogen-bond acceptors (Lipinski definition) is 3. The molecule has 0 heterocycles. The van der Waals surface area contributed by atoms with Gasteiger partial charge in [-0.3, -0.25) is 0 Å². The van der Waals surface area contributed by atoms with Crippen molar-refractivity contribution >= 4 is 23.2 Å². The molecule has 0 amide bonds. The molecule has 1 aromatic rings. The minimum absolute atomic E-state index is 0.0730. The Kier molecular flexibility index (Phi) is 4.22. The van der Waals surface area contributed by atoms with E-state index >= 15 is 0 Å². The van der Waals surface area contributed by atoms with Crippen LogP contribution in [0.5, 0.6) is 5.75 Å². The maximum absolute atomic E-state index is 9.62. The van der Waals surface area contributed by atoms with E-state index in [2.05, 4.69) is 0 Å². The summed E-state index contributed by atoms with van der Waals surface area (Å²) < 4.78 is 5.33. The van der Waals surface area contributed by atoms with E-state index in [0.29, 0.717) is 15.8 Å². The van der Waals surface area contributed by atoms with Crippen molar-refractivity contribution < 1.29 is 9.84 Å². The van der Waals surface area contributed by atoms with Gasteiger partial charge in [-0.15, -0.1) is 0 Å². The van der Waals surface area contributed by atoms with E-state index in [1.54, 1.807) is 25.1 Å². The lowest BCUT2D eigenvalue weighted by molar-refractivity contribution is 0.0196. The smallest absolute Gasteiger partial charge is 0.139 e. The van der Waals surface area contributed by atoms with Gasteiger partial charge >= 0.3 is 0 Å². The lowest BCUT2D eigenvalue weighted by Gasteiger charge is -2.21. The predicted octanol–water partition coefficient (Wildman–Crippen LogP) is 2.08. The normalized spacial score (nSPS) is 14.7. The van der Waals surface area contributed by atoms with Crippen molar-refractivity contribution in [3.05, 3.63) is 28.2 Å². The summed E-state index contributed by atoms with van der Waals surface area (Å²) in [6.07, 6.45) is 0. The van der Waals surface area contributed by atoms with Crippen molar-refractivity contribution in [2.45, 2.75) is 12.5 Å². The van der Waals surface area contributed by atoms with E-state index in [9.17, 15) is 5.11 Å². The minimum atomic E-state index is -1.06. The largest absolute Gasteiger partial charge is 0.489 e. The van der Waals surface area contributed by atoms with Gasteiger partial charge in [0.2, 0.25) is 0 Å². The third kappa shape index (κ3) is 3.87. The fourth-order valence-electron chi connectivity index (χ4n) is 0.880. The summed E-state index contributed by atoms with van der Waals surface area (Å²) in [5.41, 5.74) is 4.29. The standard InChI is InChI=1S/C10H13Cl2NO2/c1-10(14,5-13)6-15-9-4-7(11)2-3-8(9)12/h2-4,14H,5-6,13H2,1H3. The zero-order chi connectivity index (χ0) is 11.5. The first-order valence-corrected chi connectivity index (χ1v) is 5.20. The summed E-state index contributed by atoms with van der Waals surface area (Å²) in [7, 11) is 0. The van der Waals surface area contributed by atoms with Crippen LogP contribution in [0.25, 0.3) is 0 Å². The summed E-state index contributed by atoms with van der Waals surface area (Å²) in [6.45, 7) is 1.78. The van der Waals surface area contributed by atoms with Gasteiger partial charge < -0.3 is 15.6 Å². The fourth-order valence-corrected chi connectivity index (χ4v) is 1.21. The van der Waals surface area contributed by atoms with Gasteiger partial charge in [0.25, 0.3) is 0 Å². The number of hydrogen-bond donors (Lipinski definition) is 2. The number of benzene rings is 1. The topological polar surface area (TPSA) is 55.5 Å². The van der Waals surface area contributed by atoms with Gasteiger partial charge in [-0.25, -0.2) is 0 Å². The number of rotatable bonds is 4. The Morgan fingerprint density at radius 2 is 2.13 bits per heavy atom. The van der Waals surface area contributed by atoms with Crippen LogP contribution in [0.3, 0.4) is 0 Å². The quantitative estimate of drug-likeness (QED) is 0.860. The van der Waals surface area contributed by atoms with Gasteiger partial charge in [0.1, 0.15) is 18.0 Å². The highest BCUT2D eigenvalue weighted by Gasteiger charge is 2.19. The third-order valence-corrected chi connectivity index (χ3v) is 2.42. The van der Waals surface area contributed by atoms with E-state index in [0.717, 1.165) is 0 Å². The molecule has 84 valence electrons. The average Bonchev–Trinajstić information content (AvgIpc) is 2.20. The van der Waals surface area contributed by atoms with Crippen molar-refractivity contribution in [2.24, 2.45) is 5.73 Å². The van der Waals surface area contributed by atoms with Crippen LogP contribution in [0.15, 0.2) is 18.2 Å². The van der Waals surface area contributed by atoms with Crippen molar-refractivity contribution in [1.29, 1.82) is 0 Å². The Bertz CT molecular complexity index is 342. The highest BCUT2D eigenvalue weighted by molar-refractivity contribution is 6.34. The SMILES string of the molecule is CC(O)(CN)COc1cc(Cl)ccc1Cl. The van der Waals surface area contributed by atoms with Crippen LogP contribution in [-0.4, -0.2) is 23.9 Å². The Hall–Kier alpha value is -0.480. The van der Waals surface area contributed by atoms with Crippen molar-refractivity contribution in [2.75, 3.05) is 13.2 Å². The van der Waals surface area contributed by atoms with Gasteiger partial charge in [0.15, 0.2) is 0 Å². The molecule has 0 radical (unpaired) electrons. The van der Waals surface area contributed by atoms with E-state index < -0.39 is 5.60 Å². The van der Waals surface area contributed by atoms with Gasteiger partial charge in [-0.2, -0.15) is 0 Å². The van der Waals surface area contributed by atoms with Crippen molar-refractivity contribution in [3.63, 3.8) is 0 Å². The van der Waals surface area contributed by atoms with Crippen LogP contribution >= 0.6 is 23.2 Å². The third-order valence-electron chi connectivity index (χ3n) is 1.87. The molecule has 3 nitrogen and oxygen atoms in total. The van der Waals surface area contributed by atoms with Crippen LogP contribution in [0.1, 0.15) is 6.92 Å². The van der Waals surface area contributed by atoms with Crippen LogP contribution < -0.4 is 10.5 Å². The first-order valence-electron chi connectivity index (χ1n) is 4.45. The lowest BCUT2D eigenvalue weighted by atomic mass is 10.1. The molecule has 0 aliphatic heterocycles. The highest BCUT2D eigenvalue weighted by atomic mass is 35.5. The Labute approximate surface area is 98.7 Å². The molecule has 1 atom stereocenters. The molecule has 0 bridgehead atoms. The van der Waals surface area contributed by atoms with Crippen LogP contribution in [-0.2, 0) is 0 Å². The van der Waals surface area contributed by atoms with Gasteiger partial charge in [0.05, 0.1) is 5.02 Å². The van der Waals surface area contributed by atoms with E-state index in [4.69, 9.17) is 33.7 Å². The molecule has 5 heteroatoms. The zero-order valence-electron chi connectivity index (χ0n) is 8.34. The van der Waals surface area contributed by atoms with Gasteiger partial charge in [-0.05, 0) is 19.1 Å². The minimum Gasteiger partial charge on any atom is -0.489 e. The highest BCUT2D eigenvalue weighted by Crippen LogP contribution is 2.28. The average molecular weight is 250 g/mol. The molecule has 0 fully saturated rings. The molecular formula is C10H13Cl2NO2. The molecule has 0 spiro atoms. The molecule has 3 N–H and O–H groups in total. The maximum Gasteiger partial charge on any atom is 0.139 e. The summed E-state index contributed by atoms with van der Waals surface area (Å²) in [4.78, 5) is 0. The molecule has 1 rings (SSSR count). The van der Waals surface area contributed by atoms with Crippen LogP contribution in [0, 0.1) is 0 Å². The number of ether oxygens (including phenoxy) is 1. The second kappa shape index (κ2) is 5.03. The number of nitrogens with two attached hydrogens (primary N) is 1. The van der Waals surface area contributed by atoms with E-state index in [-0.39, 0.29) is 13.2 Å². The summed E-state index contributed by atoms with van der Waals surface area (Å²) >= 11 is 11.6. The number of aliphatic hydroxyl groups is 1. The molecule has 1 aromatic carbocycles. The summed E-state index contributed by atoms with van der Waals surface area (Å²) in [5, 5.41) is 10.6. The van der Waals surface area contributed by atoms with Gasteiger partial charge in [-0.1, -0.05) is 23.2 Å². The van der Waals surface area contributed by atoms with Crippen LogP contribution in [0.4, 0.5) is 0 Å². The van der Waals surface area contributed by atoms with Crippen molar-refractivity contribution in [1.82, 2.24) is 0 Å². The van der Waals surface area contributed by atoms with E-state index in [1.807, 2.05) is 0 Å². The Morgan fingerprint density at radius 1 is 1.47 bits per heavy atom. The molecule has 0 aliphatic carbocycles. The predicted molar refractivity (Wildman–Crippen MR) is 61.6 cm³/mol.